The summed E-state index contributed by atoms with van der Waals surface area (Å²) in [4.78, 5) is 0. The van der Waals surface area contributed by atoms with Crippen LogP contribution in [0.5, 0.6) is 5.75 Å². The van der Waals surface area contributed by atoms with Crippen LogP contribution in [0.3, 0.4) is 0 Å². The Morgan fingerprint density at radius 1 is 1.00 bits per heavy atom. The molecule has 0 saturated heterocycles. The minimum absolute atomic E-state index is 0.191. The van der Waals surface area contributed by atoms with E-state index in [1.54, 1.807) is 11.7 Å². The van der Waals surface area contributed by atoms with Gasteiger partial charge in [-0.15, -0.1) is 13.2 Å². The van der Waals surface area contributed by atoms with Crippen LogP contribution in [0.15, 0.2) is 24.3 Å². The van der Waals surface area contributed by atoms with Crippen LogP contribution >= 0.6 is 18.9 Å². The zero-order valence-corrected chi connectivity index (χ0v) is 15.4. The molecule has 0 atom stereocenters. The van der Waals surface area contributed by atoms with E-state index >= 15 is 0 Å². The van der Waals surface area contributed by atoms with Crippen LogP contribution in [0.1, 0.15) is 41.5 Å². The molecule has 0 aliphatic carbocycles. The Morgan fingerprint density at radius 3 is 1.86 bits per heavy atom. The number of alkyl halides is 3. The molecule has 0 radical (unpaired) electrons. The van der Waals surface area contributed by atoms with Crippen LogP contribution in [0.2, 0.25) is 0 Å². The monoisotopic (exact) mass is 354 g/mol. The van der Waals surface area contributed by atoms with Gasteiger partial charge in [-0.25, -0.2) is 0 Å². The fourth-order valence-corrected chi connectivity index (χ4v) is 10.0. The van der Waals surface area contributed by atoms with Crippen LogP contribution in [-0.4, -0.2) is 16.7 Å². The number of benzene rings is 1. The first-order valence-electron chi connectivity index (χ1n) is 6.94. The Kier molecular flexibility index (Phi) is 5.52. The Balaban J connectivity index is 3.49. The molecular formula is C16H23ClF3OP. The van der Waals surface area contributed by atoms with Crippen LogP contribution in [0.4, 0.5) is 13.2 Å². The van der Waals surface area contributed by atoms with Gasteiger partial charge >= 0.3 is 6.36 Å². The van der Waals surface area contributed by atoms with Crippen molar-refractivity contribution in [2.24, 2.45) is 0 Å². The van der Waals surface area contributed by atoms with Crippen molar-refractivity contribution in [3.63, 3.8) is 0 Å². The summed E-state index contributed by atoms with van der Waals surface area (Å²) in [6, 6.07) is 6.21. The molecule has 0 heterocycles. The van der Waals surface area contributed by atoms with Crippen molar-refractivity contribution in [1.82, 2.24) is 0 Å². The van der Waals surface area contributed by atoms with Crippen molar-refractivity contribution < 1.29 is 17.9 Å². The van der Waals surface area contributed by atoms with E-state index in [1.165, 1.54) is 12.1 Å². The van der Waals surface area contributed by atoms with Gasteiger partial charge < -0.3 is 16.3 Å². The summed E-state index contributed by atoms with van der Waals surface area (Å²) in [5.74, 6) is -0.207. The molecule has 126 valence electrons. The summed E-state index contributed by atoms with van der Waals surface area (Å²) < 4.78 is 41.5. The fraction of sp³-hybridized carbons (Fsp3) is 0.562. The predicted octanol–water partition coefficient (Wildman–Crippen LogP) is 6.18. The highest BCUT2D eigenvalue weighted by Crippen LogP contribution is 2.78. The Hall–Kier alpha value is -0.470. The van der Waals surface area contributed by atoms with E-state index in [0.717, 1.165) is 5.30 Å². The van der Waals surface area contributed by atoms with E-state index in [1.807, 2.05) is 6.07 Å². The zero-order valence-electron chi connectivity index (χ0n) is 13.8. The Bertz CT molecular complexity index is 501. The van der Waals surface area contributed by atoms with Crippen LogP contribution in [-0.2, 0) is 0 Å². The summed E-state index contributed by atoms with van der Waals surface area (Å²) in [5, 5.41) is 0.428. The molecule has 1 rings (SSSR count). The third-order valence-electron chi connectivity index (χ3n) is 3.72. The van der Waals surface area contributed by atoms with E-state index in [-0.39, 0.29) is 16.1 Å². The lowest BCUT2D eigenvalue weighted by molar-refractivity contribution is -0.274. The van der Waals surface area contributed by atoms with Crippen LogP contribution in [0.25, 0.3) is 0 Å². The summed E-state index contributed by atoms with van der Waals surface area (Å²) in [6.07, 6.45) is -4.70. The van der Waals surface area contributed by atoms with Gasteiger partial charge in [0.25, 0.3) is 0 Å². The smallest absolute Gasteiger partial charge is 0.406 e. The van der Waals surface area contributed by atoms with Crippen LogP contribution < -0.4 is 10.0 Å². The highest BCUT2D eigenvalue weighted by atomic mass is 35.5. The second-order valence-electron chi connectivity index (χ2n) is 7.21. The third-order valence-corrected chi connectivity index (χ3v) is 10.2. The predicted molar refractivity (Wildman–Crippen MR) is 89.3 cm³/mol. The van der Waals surface area contributed by atoms with Gasteiger partial charge in [-0.2, -0.15) is 0 Å². The van der Waals surface area contributed by atoms with Crippen LogP contribution in [0, 0.1) is 5.62 Å². The van der Waals surface area contributed by atoms with Crippen molar-refractivity contribution >= 4 is 24.2 Å². The molecule has 0 bridgehead atoms. The normalized spacial score (nSPS) is 14.1. The first kappa shape index (κ1) is 19.6. The van der Waals surface area contributed by atoms with Gasteiger partial charge in [0.1, 0.15) is 5.75 Å². The molecule has 0 aliphatic rings. The molecule has 1 aromatic carbocycles. The fourth-order valence-electron chi connectivity index (χ4n) is 3.03. The van der Waals surface area contributed by atoms with Crippen molar-refractivity contribution in [3.05, 3.63) is 29.9 Å². The Morgan fingerprint density at radius 2 is 1.50 bits per heavy atom. The maximum absolute atomic E-state index is 12.5. The molecule has 0 N–H and O–H groups in total. The van der Waals surface area contributed by atoms with Gasteiger partial charge in [0.15, 0.2) is 0 Å². The molecule has 0 saturated carbocycles. The largest absolute Gasteiger partial charge is 0.573 e. The molecule has 0 amide bonds. The lowest BCUT2D eigenvalue weighted by Gasteiger charge is -2.52. The molecule has 0 unspecified atom stereocenters. The molecule has 0 aromatic heterocycles. The van der Waals surface area contributed by atoms with Gasteiger partial charge in [0.05, 0.1) is 15.6 Å². The van der Waals surface area contributed by atoms with Crippen molar-refractivity contribution in [2.45, 2.75) is 58.2 Å². The third kappa shape index (κ3) is 3.89. The number of ether oxygens (including phenoxy) is 1. The number of halogens is 4. The van der Waals surface area contributed by atoms with Gasteiger partial charge in [-0.1, -0.05) is 18.9 Å². The quantitative estimate of drug-likeness (QED) is 0.465. The van der Waals surface area contributed by atoms with E-state index in [0.29, 0.717) is 0 Å². The lowest BCUT2D eigenvalue weighted by Crippen LogP contribution is -2.39. The number of hydrogen-bond acceptors (Lipinski definition) is 1. The molecule has 0 fully saturated rings. The zero-order chi connectivity index (χ0) is 17.4. The SMILES string of the molecule is CC(C)(C)[P+]([CH-]Cl)(c1cccc(OC(F)(F)F)c1)C(C)(C)C. The lowest BCUT2D eigenvalue weighted by atomic mass is 10.2. The topological polar surface area (TPSA) is 9.23 Å². The highest BCUT2D eigenvalue weighted by molar-refractivity contribution is 7.88. The minimum atomic E-state index is -4.70. The average Bonchev–Trinajstić information content (AvgIpc) is 2.24. The van der Waals surface area contributed by atoms with E-state index in [4.69, 9.17) is 11.6 Å². The second-order valence-corrected chi connectivity index (χ2v) is 12.6. The molecule has 0 spiro atoms. The van der Waals surface area contributed by atoms with Gasteiger partial charge in [0, 0.05) is 6.07 Å². The summed E-state index contributed by atoms with van der Waals surface area (Å²) in [7, 11) is -2.10. The summed E-state index contributed by atoms with van der Waals surface area (Å²) >= 11 is 6.27. The van der Waals surface area contributed by atoms with Crippen molar-refractivity contribution in [1.29, 1.82) is 0 Å². The van der Waals surface area contributed by atoms with E-state index in [9.17, 15) is 13.2 Å². The molecule has 6 heteroatoms. The van der Waals surface area contributed by atoms with Gasteiger partial charge in [-0.05, 0) is 53.7 Å². The molecule has 22 heavy (non-hydrogen) atoms. The first-order valence-corrected chi connectivity index (χ1v) is 9.24. The van der Waals surface area contributed by atoms with E-state index < -0.39 is 13.6 Å². The second kappa shape index (κ2) is 6.20. The number of rotatable bonds is 3. The molecule has 1 nitrogen and oxygen atoms in total. The van der Waals surface area contributed by atoms with Gasteiger partial charge in [-0.3, -0.25) is 0 Å². The molecule has 0 aliphatic heterocycles. The van der Waals surface area contributed by atoms with E-state index in [2.05, 4.69) is 46.3 Å². The number of hydrogen-bond donors (Lipinski definition) is 0. The van der Waals surface area contributed by atoms with Gasteiger partial charge in [0.2, 0.25) is 0 Å². The van der Waals surface area contributed by atoms with Crippen molar-refractivity contribution in [3.8, 4) is 5.75 Å². The maximum Gasteiger partial charge on any atom is 0.573 e. The average molecular weight is 355 g/mol. The maximum atomic E-state index is 12.5. The summed E-state index contributed by atoms with van der Waals surface area (Å²) in [6.45, 7) is 12.4. The minimum Gasteiger partial charge on any atom is -0.406 e. The van der Waals surface area contributed by atoms with Crippen molar-refractivity contribution in [2.75, 3.05) is 0 Å². The highest BCUT2D eigenvalue weighted by Gasteiger charge is 2.52. The first-order chi connectivity index (χ1) is 9.74. The standard InChI is InChI=1S/C16H23ClF3OP/c1-14(2,3)22(11-17,15(4,5)6)13-9-7-8-12(10-13)21-16(18,19)20/h7-11H,1-6H3. The summed E-state index contributed by atoms with van der Waals surface area (Å²) in [5.41, 5.74) is 1.68. The molecule has 1 aromatic rings. The Labute approximate surface area is 136 Å². The molecular weight excluding hydrogens is 332 g/mol.